The molecule has 1 heterocycles. The topological polar surface area (TPSA) is 45.2 Å². The smallest absolute Gasteiger partial charge is 0.254 e. The van der Waals surface area contributed by atoms with E-state index in [-0.39, 0.29) is 5.91 Å². The van der Waals surface area contributed by atoms with Gasteiger partial charge in [0.1, 0.15) is 5.82 Å². The van der Waals surface area contributed by atoms with Crippen LogP contribution in [0.1, 0.15) is 62.5 Å². The van der Waals surface area contributed by atoms with Crippen molar-refractivity contribution in [1.82, 2.24) is 9.88 Å². The number of hydrogen-bond acceptors (Lipinski definition) is 3. The van der Waals surface area contributed by atoms with E-state index in [0.29, 0.717) is 11.8 Å². The van der Waals surface area contributed by atoms with Crippen molar-refractivity contribution in [3.63, 3.8) is 0 Å². The number of anilines is 1. The van der Waals surface area contributed by atoms with Crippen LogP contribution >= 0.6 is 0 Å². The Morgan fingerprint density at radius 2 is 2.10 bits per heavy atom. The van der Waals surface area contributed by atoms with Crippen LogP contribution in [0.5, 0.6) is 0 Å². The molecule has 0 saturated heterocycles. The molecule has 4 nitrogen and oxygen atoms in total. The standard InChI is InChI=1S/C17H27N3O/c1-5-18-16-10-14(9-15(19-16)12(3)4)17(21)20(6-2)11-13-7-8-13/h9-10,12-13H,5-8,11H2,1-4H3,(H,18,19). The lowest BCUT2D eigenvalue weighted by atomic mass is 10.1. The van der Waals surface area contributed by atoms with E-state index >= 15 is 0 Å². The third kappa shape index (κ3) is 4.19. The van der Waals surface area contributed by atoms with Gasteiger partial charge in [-0.15, -0.1) is 0 Å². The molecule has 1 saturated carbocycles. The fraction of sp³-hybridized carbons (Fsp3) is 0.647. The molecule has 0 unspecified atom stereocenters. The molecule has 1 fully saturated rings. The third-order valence-corrected chi connectivity index (χ3v) is 3.89. The molecular formula is C17H27N3O. The Labute approximate surface area is 127 Å². The van der Waals surface area contributed by atoms with E-state index in [1.807, 2.05) is 24.0 Å². The Balaban J connectivity index is 2.24. The molecule has 1 aliphatic rings. The van der Waals surface area contributed by atoms with Crippen molar-refractivity contribution in [2.75, 3.05) is 25.0 Å². The molecule has 0 aliphatic heterocycles. The van der Waals surface area contributed by atoms with Crippen molar-refractivity contribution >= 4 is 11.7 Å². The molecule has 0 atom stereocenters. The molecule has 1 N–H and O–H groups in total. The summed E-state index contributed by atoms with van der Waals surface area (Å²) < 4.78 is 0. The molecule has 21 heavy (non-hydrogen) atoms. The van der Waals surface area contributed by atoms with Crippen LogP contribution in [0.15, 0.2) is 12.1 Å². The number of carbonyl (C=O) groups excluding carboxylic acids is 1. The second kappa shape index (κ2) is 6.92. The highest BCUT2D eigenvalue weighted by Gasteiger charge is 2.26. The van der Waals surface area contributed by atoms with E-state index in [2.05, 4.69) is 31.1 Å². The maximum atomic E-state index is 12.7. The molecule has 2 rings (SSSR count). The SMILES string of the molecule is CCNc1cc(C(=O)N(CC)CC2CC2)cc(C(C)C)n1. The summed E-state index contributed by atoms with van der Waals surface area (Å²) in [4.78, 5) is 19.3. The predicted molar refractivity (Wildman–Crippen MR) is 86.8 cm³/mol. The van der Waals surface area contributed by atoms with Crippen LogP contribution in [0, 0.1) is 5.92 Å². The number of nitrogens with zero attached hydrogens (tertiary/aromatic N) is 2. The minimum atomic E-state index is 0.132. The number of rotatable bonds is 7. The second-order valence-corrected chi connectivity index (χ2v) is 6.14. The first-order valence-electron chi connectivity index (χ1n) is 8.10. The third-order valence-electron chi connectivity index (χ3n) is 3.89. The van der Waals surface area contributed by atoms with Gasteiger partial charge >= 0.3 is 0 Å². The lowest BCUT2D eigenvalue weighted by Gasteiger charge is -2.21. The zero-order valence-electron chi connectivity index (χ0n) is 13.6. The quantitative estimate of drug-likeness (QED) is 0.835. The molecule has 1 aliphatic carbocycles. The largest absolute Gasteiger partial charge is 0.370 e. The summed E-state index contributed by atoms with van der Waals surface area (Å²) in [6.45, 7) is 10.8. The normalized spacial score (nSPS) is 14.3. The number of nitrogens with one attached hydrogen (secondary N) is 1. The van der Waals surface area contributed by atoms with Gasteiger partial charge in [-0.25, -0.2) is 4.98 Å². The first-order valence-corrected chi connectivity index (χ1v) is 8.10. The lowest BCUT2D eigenvalue weighted by Crippen LogP contribution is -2.33. The maximum absolute atomic E-state index is 12.7. The van der Waals surface area contributed by atoms with Crippen molar-refractivity contribution in [2.45, 2.75) is 46.5 Å². The van der Waals surface area contributed by atoms with Gasteiger partial charge in [0.05, 0.1) is 0 Å². The second-order valence-electron chi connectivity index (χ2n) is 6.14. The van der Waals surface area contributed by atoms with Crippen LogP contribution in [0.25, 0.3) is 0 Å². The van der Waals surface area contributed by atoms with Crippen LogP contribution in [0.4, 0.5) is 5.82 Å². The summed E-state index contributed by atoms with van der Waals surface area (Å²) >= 11 is 0. The van der Waals surface area contributed by atoms with Gasteiger partial charge in [-0.05, 0) is 50.7 Å². The molecule has 0 aromatic carbocycles. The zero-order valence-corrected chi connectivity index (χ0v) is 13.6. The van der Waals surface area contributed by atoms with E-state index in [0.717, 1.165) is 36.7 Å². The molecular weight excluding hydrogens is 262 g/mol. The minimum Gasteiger partial charge on any atom is -0.370 e. The first-order chi connectivity index (χ1) is 10.0. The molecule has 1 amide bonds. The van der Waals surface area contributed by atoms with Crippen molar-refractivity contribution in [2.24, 2.45) is 5.92 Å². The Morgan fingerprint density at radius 1 is 1.38 bits per heavy atom. The number of carbonyl (C=O) groups is 1. The van der Waals surface area contributed by atoms with Gasteiger partial charge in [0, 0.05) is 30.9 Å². The summed E-state index contributed by atoms with van der Waals surface area (Å²) in [6.07, 6.45) is 2.53. The molecule has 1 aromatic heterocycles. The van der Waals surface area contributed by atoms with Crippen LogP contribution in [0.2, 0.25) is 0 Å². The summed E-state index contributed by atoms with van der Waals surface area (Å²) in [6, 6.07) is 3.83. The van der Waals surface area contributed by atoms with Gasteiger partial charge in [0.2, 0.25) is 0 Å². The van der Waals surface area contributed by atoms with E-state index in [1.165, 1.54) is 12.8 Å². The highest BCUT2D eigenvalue weighted by molar-refractivity contribution is 5.95. The first kappa shape index (κ1) is 15.8. The highest BCUT2D eigenvalue weighted by atomic mass is 16.2. The Hall–Kier alpha value is -1.58. The molecule has 4 heteroatoms. The van der Waals surface area contributed by atoms with Gasteiger partial charge in [-0.1, -0.05) is 13.8 Å². The number of hydrogen-bond donors (Lipinski definition) is 1. The molecule has 0 spiro atoms. The number of amides is 1. The van der Waals surface area contributed by atoms with Gasteiger partial charge in [-0.2, -0.15) is 0 Å². The van der Waals surface area contributed by atoms with Gasteiger partial charge in [0.25, 0.3) is 5.91 Å². The van der Waals surface area contributed by atoms with Gasteiger partial charge in [0.15, 0.2) is 0 Å². The van der Waals surface area contributed by atoms with Crippen molar-refractivity contribution in [3.05, 3.63) is 23.4 Å². The van der Waals surface area contributed by atoms with Crippen molar-refractivity contribution in [3.8, 4) is 0 Å². The van der Waals surface area contributed by atoms with Crippen molar-refractivity contribution in [1.29, 1.82) is 0 Å². The van der Waals surface area contributed by atoms with Crippen molar-refractivity contribution < 1.29 is 4.79 Å². The summed E-state index contributed by atoms with van der Waals surface area (Å²) in [5, 5.41) is 3.23. The summed E-state index contributed by atoms with van der Waals surface area (Å²) in [5.74, 6) is 1.96. The highest BCUT2D eigenvalue weighted by Crippen LogP contribution is 2.30. The molecule has 0 radical (unpaired) electrons. The maximum Gasteiger partial charge on any atom is 0.254 e. The van der Waals surface area contributed by atoms with Gasteiger partial charge < -0.3 is 10.2 Å². The fourth-order valence-electron chi connectivity index (χ4n) is 2.39. The van der Waals surface area contributed by atoms with Crippen LogP contribution < -0.4 is 5.32 Å². The van der Waals surface area contributed by atoms with E-state index in [1.54, 1.807) is 0 Å². The Bertz CT molecular complexity index is 495. The minimum absolute atomic E-state index is 0.132. The monoisotopic (exact) mass is 289 g/mol. The Morgan fingerprint density at radius 3 is 2.62 bits per heavy atom. The lowest BCUT2D eigenvalue weighted by molar-refractivity contribution is 0.0756. The van der Waals surface area contributed by atoms with Gasteiger partial charge in [-0.3, -0.25) is 4.79 Å². The fourth-order valence-corrected chi connectivity index (χ4v) is 2.39. The zero-order chi connectivity index (χ0) is 15.4. The average Bonchev–Trinajstić information content (AvgIpc) is 3.28. The molecule has 1 aromatic rings. The van der Waals surface area contributed by atoms with E-state index in [9.17, 15) is 4.79 Å². The number of aromatic nitrogens is 1. The average molecular weight is 289 g/mol. The molecule has 0 bridgehead atoms. The number of pyridine rings is 1. The van der Waals surface area contributed by atoms with Crippen LogP contribution in [0.3, 0.4) is 0 Å². The van der Waals surface area contributed by atoms with E-state index in [4.69, 9.17) is 0 Å². The van der Waals surface area contributed by atoms with E-state index < -0.39 is 0 Å². The Kier molecular flexibility index (Phi) is 5.21. The van der Waals surface area contributed by atoms with Crippen LogP contribution in [-0.2, 0) is 0 Å². The summed E-state index contributed by atoms with van der Waals surface area (Å²) in [5.41, 5.74) is 1.73. The van der Waals surface area contributed by atoms with Crippen LogP contribution in [-0.4, -0.2) is 35.4 Å². The summed E-state index contributed by atoms with van der Waals surface area (Å²) in [7, 11) is 0. The molecule has 116 valence electrons. The predicted octanol–water partition coefficient (Wildman–Crippen LogP) is 3.51.